The molecule has 6 heteroatoms. The molecule has 0 saturated carbocycles. The van der Waals surface area contributed by atoms with Gasteiger partial charge in [0, 0.05) is 0 Å². The highest BCUT2D eigenvalue weighted by molar-refractivity contribution is 7.89. The van der Waals surface area contributed by atoms with Crippen LogP contribution in [-0.4, -0.2) is 25.5 Å². The molecule has 1 rings (SSSR count). The number of sulfonamides is 1. The second kappa shape index (κ2) is 6.85. The maximum Gasteiger partial charge on any atom is 0.321 e. The fourth-order valence-corrected chi connectivity index (χ4v) is 3.05. The Morgan fingerprint density at radius 1 is 1.20 bits per heavy atom. The van der Waals surface area contributed by atoms with Gasteiger partial charge in [0.1, 0.15) is 6.04 Å². The molecule has 0 spiro atoms. The van der Waals surface area contributed by atoms with Crippen LogP contribution in [0, 0.1) is 0 Å². The van der Waals surface area contributed by atoms with Crippen molar-refractivity contribution in [1.82, 2.24) is 4.72 Å². The number of hydrogen-bond acceptors (Lipinski definition) is 3. The molecule has 0 aliphatic rings. The van der Waals surface area contributed by atoms with E-state index in [1.165, 1.54) is 12.1 Å². The van der Waals surface area contributed by atoms with Crippen LogP contribution in [0.1, 0.15) is 45.1 Å². The maximum atomic E-state index is 12.1. The quantitative estimate of drug-likeness (QED) is 0.809. The van der Waals surface area contributed by atoms with Crippen LogP contribution in [0.5, 0.6) is 0 Å². The van der Waals surface area contributed by atoms with Gasteiger partial charge in [-0.25, -0.2) is 8.42 Å². The van der Waals surface area contributed by atoms with Crippen LogP contribution in [0.2, 0.25) is 0 Å². The van der Waals surface area contributed by atoms with E-state index in [9.17, 15) is 13.2 Å². The maximum absolute atomic E-state index is 12.1. The fraction of sp³-hybridized carbons (Fsp3) is 0.500. The van der Waals surface area contributed by atoms with Crippen molar-refractivity contribution in [3.63, 3.8) is 0 Å². The van der Waals surface area contributed by atoms with Crippen molar-refractivity contribution in [3.05, 3.63) is 29.8 Å². The van der Waals surface area contributed by atoms with Gasteiger partial charge in [0.05, 0.1) is 4.90 Å². The van der Waals surface area contributed by atoms with Crippen LogP contribution in [0.3, 0.4) is 0 Å². The van der Waals surface area contributed by atoms with Crippen molar-refractivity contribution < 1.29 is 18.3 Å². The minimum absolute atomic E-state index is 0.0873. The van der Waals surface area contributed by atoms with Crippen molar-refractivity contribution in [2.45, 2.75) is 50.5 Å². The van der Waals surface area contributed by atoms with Gasteiger partial charge in [0.2, 0.25) is 10.0 Å². The molecular formula is C14H21NO4S. The molecule has 5 nitrogen and oxygen atoms in total. The molecule has 0 heterocycles. The van der Waals surface area contributed by atoms with E-state index in [-0.39, 0.29) is 11.3 Å². The Kier molecular flexibility index (Phi) is 5.71. The van der Waals surface area contributed by atoms with E-state index in [0.29, 0.717) is 5.92 Å². The van der Waals surface area contributed by atoms with Crippen molar-refractivity contribution in [3.8, 4) is 0 Å². The number of aliphatic carboxylic acids is 1. The Bertz CT molecular complexity index is 551. The number of nitrogens with one attached hydrogen (secondary N) is 1. The summed E-state index contributed by atoms with van der Waals surface area (Å²) in [7, 11) is -3.80. The predicted octanol–water partition coefficient (Wildman–Crippen LogP) is 2.34. The van der Waals surface area contributed by atoms with Gasteiger partial charge in [-0.05, 0) is 36.5 Å². The van der Waals surface area contributed by atoms with Gasteiger partial charge >= 0.3 is 5.97 Å². The molecule has 1 aromatic carbocycles. The molecule has 0 saturated heterocycles. The van der Waals surface area contributed by atoms with E-state index in [1.807, 2.05) is 0 Å². The first-order chi connectivity index (χ1) is 9.31. The minimum atomic E-state index is -3.80. The third kappa shape index (κ3) is 4.05. The van der Waals surface area contributed by atoms with Gasteiger partial charge in [-0.3, -0.25) is 4.79 Å². The molecule has 0 fully saturated rings. The van der Waals surface area contributed by atoms with Crippen molar-refractivity contribution in [2.24, 2.45) is 0 Å². The van der Waals surface area contributed by atoms with E-state index < -0.39 is 22.0 Å². The Morgan fingerprint density at radius 3 is 2.15 bits per heavy atom. The Balaban J connectivity index is 2.96. The third-order valence-corrected chi connectivity index (χ3v) is 4.86. The molecule has 0 bridgehead atoms. The molecule has 2 N–H and O–H groups in total. The highest BCUT2D eigenvalue weighted by Crippen LogP contribution is 2.20. The predicted molar refractivity (Wildman–Crippen MR) is 77.2 cm³/mol. The normalized spacial score (nSPS) is 14.8. The number of carboxylic acid groups (broad SMARTS) is 1. The first-order valence-corrected chi connectivity index (χ1v) is 8.15. The number of hydrogen-bond donors (Lipinski definition) is 2. The summed E-state index contributed by atoms with van der Waals surface area (Å²) in [5.74, 6) is -0.811. The first-order valence-electron chi connectivity index (χ1n) is 6.66. The van der Waals surface area contributed by atoms with E-state index in [1.54, 1.807) is 19.1 Å². The van der Waals surface area contributed by atoms with Gasteiger partial charge in [-0.15, -0.1) is 0 Å². The molecule has 1 aromatic rings. The number of benzene rings is 1. The molecule has 0 aliphatic heterocycles. The highest BCUT2D eigenvalue weighted by Gasteiger charge is 2.23. The summed E-state index contributed by atoms with van der Waals surface area (Å²) < 4.78 is 26.4. The summed E-state index contributed by atoms with van der Waals surface area (Å²) >= 11 is 0. The van der Waals surface area contributed by atoms with Crippen LogP contribution in [-0.2, 0) is 14.8 Å². The second-order valence-corrected chi connectivity index (χ2v) is 6.51. The molecule has 0 aromatic heterocycles. The van der Waals surface area contributed by atoms with Crippen LogP contribution >= 0.6 is 0 Å². The van der Waals surface area contributed by atoms with Gasteiger partial charge in [-0.2, -0.15) is 4.72 Å². The topological polar surface area (TPSA) is 83.5 Å². The number of rotatable bonds is 7. The lowest BCUT2D eigenvalue weighted by atomic mass is 9.99. The van der Waals surface area contributed by atoms with Gasteiger partial charge in [-0.1, -0.05) is 32.9 Å². The largest absolute Gasteiger partial charge is 0.480 e. The lowest BCUT2D eigenvalue weighted by Crippen LogP contribution is -2.40. The summed E-state index contributed by atoms with van der Waals surface area (Å²) in [4.78, 5) is 11.0. The molecule has 112 valence electrons. The summed E-state index contributed by atoms with van der Waals surface area (Å²) in [6.45, 7) is 5.75. The summed E-state index contributed by atoms with van der Waals surface area (Å²) in [6, 6.07) is 5.46. The highest BCUT2D eigenvalue weighted by atomic mass is 32.2. The second-order valence-electron chi connectivity index (χ2n) is 4.80. The molecule has 0 radical (unpaired) electrons. The zero-order chi connectivity index (χ0) is 15.3. The molecule has 20 heavy (non-hydrogen) atoms. The minimum Gasteiger partial charge on any atom is -0.480 e. The summed E-state index contributed by atoms with van der Waals surface area (Å²) in [5, 5.41) is 8.91. The summed E-state index contributed by atoms with van der Waals surface area (Å²) in [6.07, 6.45) is 1.17. The van der Waals surface area contributed by atoms with Gasteiger partial charge in [0.25, 0.3) is 0 Å². The summed E-state index contributed by atoms with van der Waals surface area (Å²) in [5.41, 5.74) is 1.07. The average Bonchev–Trinajstić information content (AvgIpc) is 2.43. The van der Waals surface area contributed by atoms with Crippen molar-refractivity contribution in [2.75, 3.05) is 0 Å². The third-order valence-electron chi connectivity index (χ3n) is 3.38. The van der Waals surface area contributed by atoms with Crippen LogP contribution in [0.25, 0.3) is 0 Å². The first kappa shape index (κ1) is 16.7. The van der Waals surface area contributed by atoms with Crippen LogP contribution < -0.4 is 4.72 Å². The molecular weight excluding hydrogens is 278 g/mol. The fourth-order valence-electron chi connectivity index (χ4n) is 1.77. The molecule has 0 amide bonds. The molecule has 2 atom stereocenters. The monoisotopic (exact) mass is 299 g/mol. The van der Waals surface area contributed by atoms with Crippen molar-refractivity contribution >= 4 is 16.0 Å². The SMILES string of the molecule is CCC(C)c1ccc(S(=O)(=O)N[C@@H](CC)C(=O)O)cc1. The van der Waals surface area contributed by atoms with Gasteiger partial charge in [0.15, 0.2) is 0 Å². The van der Waals surface area contributed by atoms with Crippen LogP contribution in [0.15, 0.2) is 29.2 Å². The van der Waals surface area contributed by atoms with E-state index in [0.717, 1.165) is 12.0 Å². The number of carboxylic acids is 1. The zero-order valence-corrected chi connectivity index (χ0v) is 12.8. The van der Waals surface area contributed by atoms with Crippen molar-refractivity contribution in [1.29, 1.82) is 0 Å². The smallest absolute Gasteiger partial charge is 0.321 e. The van der Waals surface area contributed by atoms with E-state index in [2.05, 4.69) is 18.6 Å². The standard InChI is InChI=1S/C14H21NO4S/c1-4-10(3)11-6-8-12(9-7-11)20(18,19)15-13(5-2)14(16)17/h6-10,13,15H,4-5H2,1-3H3,(H,16,17)/t10?,13-/m0/s1. The Hall–Kier alpha value is -1.40. The zero-order valence-electron chi connectivity index (χ0n) is 12.0. The van der Waals surface area contributed by atoms with E-state index in [4.69, 9.17) is 5.11 Å². The average molecular weight is 299 g/mol. The lowest BCUT2D eigenvalue weighted by Gasteiger charge is -2.14. The molecule has 0 aliphatic carbocycles. The lowest BCUT2D eigenvalue weighted by molar-refractivity contribution is -0.139. The van der Waals surface area contributed by atoms with E-state index >= 15 is 0 Å². The number of carbonyl (C=O) groups is 1. The Morgan fingerprint density at radius 2 is 1.75 bits per heavy atom. The van der Waals surface area contributed by atoms with Crippen LogP contribution in [0.4, 0.5) is 0 Å². The van der Waals surface area contributed by atoms with Gasteiger partial charge < -0.3 is 5.11 Å². The molecule has 1 unspecified atom stereocenters. The Labute approximate surface area is 120 Å².